The van der Waals surface area contributed by atoms with Crippen LogP contribution in [0.15, 0.2) is 0 Å². The molecular weight excluding hydrogens is 160 g/mol. The minimum atomic E-state index is 0.0139. The first kappa shape index (κ1) is 11.0. The highest BCUT2D eigenvalue weighted by Crippen LogP contribution is 2.31. The number of hydrogen-bond acceptors (Lipinski definition) is 1. The zero-order chi connectivity index (χ0) is 9.90. The van der Waals surface area contributed by atoms with E-state index in [1.807, 2.05) is 0 Å². The van der Waals surface area contributed by atoms with Crippen LogP contribution in [0.5, 0.6) is 0 Å². The Morgan fingerprint density at radius 2 is 1.92 bits per heavy atom. The highest BCUT2D eigenvalue weighted by Gasteiger charge is 2.24. The second-order valence-corrected chi connectivity index (χ2v) is 5.71. The first-order valence-corrected chi connectivity index (χ1v) is 5.67. The first-order chi connectivity index (χ1) is 5.99. The predicted molar refractivity (Wildman–Crippen MR) is 56.7 cm³/mol. The number of rotatable bonds is 3. The van der Waals surface area contributed by atoms with Crippen LogP contribution in [0.1, 0.15) is 59.3 Å². The summed E-state index contributed by atoms with van der Waals surface area (Å²) in [6.07, 6.45) is 7.35. The van der Waals surface area contributed by atoms with Crippen LogP contribution in [-0.4, -0.2) is 11.2 Å². The maximum Gasteiger partial charge on any atom is 0.0568 e. The summed E-state index contributed by atoms with van der Waals surface area (Å²) in [5, 5.41) is 9.62. The standard InChI is InChI=1S/C12H24O/c1-12(2,3)9-5-7-10-6-4-8-11(10)13/h10-11,13H,4-9H2,1-3H3. The molecule has 2 unspecified atom stereocenters. The van der Waals surface area contributed by atoms with Crippen molar-refractivity contribution in [2.45, 2.75) is 65.4 Å². The van der Waals surface area contributed by atoms with Crippen molar-refractivity contribution in [3.63, 3.8) is 0 Å². The molecule has 1 saturated carbocycles. The summed E-state index contributed by atoms with van der Waals surface area (Å²) in [5.74, 6) is 0.613. The van der Waals surface area contributed by atoms with Gasteiger partial charge in [0.05, 0.1) is 6.10 Å². The third-order valence-electron chi connectivity index (χ3n) is 3.12. The van der Waals surface area contributed by atoms with Crippen molar-refractivity contribution >= 4 is 0 Å². The zero-order valence-corrected chi connectivity index (χ0v) is 9.34. The fraction of sp³-hybridized carbons (Fsp3) is 1.00. The van der Waals surface area contributed by atoms with Gasteiger partial charge in [0, 0.05) is 0 Å². The molecular formula is C12H24O. The summed E-state index contributed by atoms with van der Waals surface area (Å²) >= 11 is 0. The second kappa shape index (κ2) is 4.45. The Labute approximate surface area is 82.5 Å². The molecule has 0 aliphatic heterocycles. The number of aliphatic hydroxyl groups is 1. The van der Waals surface area contributed by atoms with E-state index in [2.05, 4.69) is 20.8 Å². The van der Waals surface area contributed by atoms with Crippen molar-refractivity contribution < 1.29 is 5.11 Å². The van der Waals surface area contributed by atoms with Crippen LogP contribution in [0.3, 0.4) is 0 Å². The van der Waals surface area contributed by atoms with E-state index in [-0.39, 0.29) is 6.10 Å². The van der Waals surface area contributed by atoms with E-state index in [1.165, 1.54) is 32.1 Å². The van der Waals surface area contributed by atoms with E-state index in [1.54, 1.807) is 0 Å². The van der Waals surface area contributed by atoms with Crippen LogP contribution >= 0.6 is 0 Å². The average Bonchev–Trinajstić information content (AvgIpc) is 2.34. The SMILES string of the molecule is CC(C)(C)CCCC1CCCC1O. The van der Waals surface area contributed by atoms with E-state index in [0.717, 1.165) is 6.42 Å². The molecule has 1 fully saturated rings. The van der Waals surface area contributed by atoms with Crippen LogP contribution in [0.4, 0.5) is 0 Å². The van der Waals surface area contributed by atoms with Gasteiger partial charge in [0.25, 0.3) is 0 Å². The Kier molecular flexibility index (Phi) is 3.78. The summed E-state index contributed by atoms with van der Waals surface area (Å²) in [6.45, 7) is 6.87. The van der Waals surface area contributed by atoms with Crippen molar-refractivity contribution in [1.82, 2.24) is 0 Å². The third kappa shape index (κ3) is 4.12. The van der Waals surface area contributed by atoms with Gasteiger partial charge in [0.1, 0.15) is 0 Å². The monoisotopic (exact) mass is 184 g/mol. The Morgan fingerprint density at radius 3 is 2.38 bits per heavy atom. The maximum absolute atomic E-state index is 9.62. The second-order valence-electron chi connectivity index (χ2n) is 5.71. The molecule has 0 aromatic heterocycles. The molecule has 1 N–H and O–H groups in total. The smallest absolute Gasteiger partial charge is 0.0568 e. The van der Waals surface area contributed by atoms with Crippen molar-refractivity contribution in [2.75, 3.05) is 0 Å². The van der Waals surface area contributed by atoms with Gasteiger partial charge in [-0.25, -0.2) is 0 Å². The minimum absolute atomic E-state index is 0.0139. The van der Waals surface area contributed by atoms with Gasteiger partial charge in [0.2, 0.25) is 0 Å². The summed E-state index contributed by atoms with van der Waals surface area (Å²) < 4.78 is 0. The molecule has 0 saturated heterocycles. The van der Waals surface area contributed by atoms with Crippen LogP contribution < -0.4 is 0 Å². The quantitative estimate of drug-likeness (QED) is 0.713. The maximum atomic E-state index is 9.62. The van der Waals surface area contributed by atoms with E-state index in [9.17, 15) is 5.11 Å². The fourth-order valence-electron chi connectivity index (χ4n) is 2.25. The molecule has 13 heavy (non-hydrogen) atoms. The lowest BCUT2D eigenvalue weighted by Gasteiger charge is -2.20. The normalized spacial score (nSPS) is 29.5. The van der Waals surface area contributed by atoms with Gasteiger partial charge in [-0.15, -0.1) is 0 Å². The van der Waals surface area contributed by atoms with Crippen LogP contribution in [-0.2, 0) is 0 Å². The molecule has 1 aliphatic carbocycles. The van der Waals surface area contributed by atoms with Gasteiger partial charge in [-0.1, -0.05) is 33.6 Å². The van der Waals surface area contributed by atoms with Crippen molar-refractivity contribution in [1.29, 1.82) is 0 Å². The molecule has 0 spiro atoms. The van der Waals surface area contributed by atoms with Gasteiger partial charge in [-0.05, 0) is 37.0 Å². The third-order valence-corrected chi connectivity index (χ3v) is 3.12. The van der Waals surface area contributed by atoms with Gasteiger partial charge < -0.3 is 5.11 Å². The molecule has 1 heteroatoms. The van der Waals surface area contributed by atoms with E-state index < -0.39 is 0 Å². The summed E-state index contributed by atoms with van der Waals surface area (Å²) in [6, 6.07) is 0. The van der Waals surface area contributed by atoms with Gasteiger partial charge in [-0.3, -0.25) is 0 Å². The molecule has 78 valence electrons. The summed E-state index contributed by atoms with van der Waals surface area (Å²) in [4.78, 5) is 0. The van der Waals surface area contributed by atoms with Crippen LogP contribution in [0.2, 0.25) is 0 Å². The van der Waals surface area contributed by atoms with Crippen LogP contribution in [0.25, 0.3) is 0 Å². The number of aliphatic hydroxyl groups excluding tert-OH is 1. The highest BCUT2D eigenvalue weighted by molar-refractivity contribution is 4.77. The highest BCUT2D eigenvalue weighted by atomic mass is 16.3. The van der Waals surface area contributed by atoms with Crippen molar-refractivity contribution in [3.05, 3.63) is 0 Å². The van der Waals surface area contributed by atoms with E-state index in [0.29, 0.717) is 11.3 Å². The Morgan fingerprint density at radius 1 is 1.23 bits per heavy atom. The largest absolute Gasteiger partial charge is 0.393 e. The van der Waals surface area contributed by atoms with E-state index >= 15 is 0 Å². The molecule has 1 aliphatic rings. The predicted octanol–water partition coefficient (Wildman–Crippen LogP) is 3.36. The van der Waals surface area contributed by atoms with Gasteiger partial charge >= 0.3 is 0 Å². The van der Waals surface area contributed by atoms with E-state index in [4.69, 9.17) is 0 Å². The minimum Gasteiger partial charge on any atom is -0.393 e. The Balaban J connectivity index is 2.12. The fourth-order valence-corrected chi connectivity index (χ4v) is 2.25. The Hall–Kier alpha value is -0.0400. The molecule has 0 aromatic carbocycles. The molecule has 1 nitrogen and oxygen atoms in total. The molecule has 0 heterocycles. The molecule has 2 atom stereocenters. The average molecular weight is 184 g/mol. The topological polar surface area (TPSA) is 20.2 Å². The zero-order valence-electron chi connectivity index (χ0n) is 9.34. The van der Waals surface area contributed by atoms with Crippen LogP contribution in [0, 0.1) is 11.3 Å². The van der Waals surface area contributed by atoms with Crippen molar-refractivity contribution in [3.8, 4) is 0 Å². The lowest BCUT2D eigenvalue weighted by molar-refractivity contribution is 0.124. The molecule has 0 radical (unpaired) electrons. The first-order valence-electron chi connectivity index (χ1n) is 5.67. The molecule has 0 aromatic rings. The van der Waals surface area contributed by atoms with Crippen molar-refractivity contribution in [2.24, 2.45) is 11.3 Å². The lowest BCUT2D eigenvalue weighted by Crippen LogP contribution is -2.14. The molecule has 0 amide bonds. The van der Waals surface area contributed by atoms with Gasteiger partial charge in [-0.2, -0.15) is 0 Å². The molecule has 1 rings (SSSR count). The lowest BCUT2D eigenvalue weighted by atomic mass is 9.87. The van der Waals surface area contributed by atoms with Gasteiger partial charge in [0.15, 0.2) is 0 Å². The molecule has 0 bridgehead atoms. The number of hydrogen-bond donors (Lipinski definition) is 1. The summed E-state index contributed by atoms with van der Waals surface area (Å²) in [7, 11) is 0. The Bertz CT molecular complexity index is 146. The summed E-state index contributed by atoms with van der Waals surface area (Å²) in [5.41, 5.74) is 0.462.